The normalized spacial score (nSPS) is 11.6. The zero-order chi connectivity index (χ0) is 8.97. The summed E-state index contributed by atoms with van der Waals surface area (Å²) in [5.41, 5.74) is 1.18. The second-order valence-corrected chi connectivity index (χ2v) is 2.43. The number of nitrogens with zero attached hydrogens (tertiary/aromatic N) is 2. The Hall–Kier alpha value is -1.29. The molecular formula is C7H7ClN2O2. The van der Waals surface area contributed by atoms with Gasteiger partial charge in [-0.2, -0.15) is 0 Å². The highest BCUT2D eigenvalue weighted by Gasteiger charge is 2.01. The van der Waals surface area contributed by atoms with Gasteiger partial charge in [-0.1, -0.05) is 12.1 Å². The zero-order valence-electron chi connectivity index (χ0n) is 6.14. The Kier molecular flexibility index (Phi) is 2.88. The van der Waals surface area contributed by atoms with Crippen LogP contribution in [0.2, 0.25) is 0 Å². The third-order valence-corrected chi connectivity index (χ3v) is 1.70. The van der Waals surface area contributed by atoms with Crippen molar-refractivity contribution in [3.05, 3.63) is 35.0 Å². The van der Waals surface area contributed by atoms with Crippen LogP contribution in [-0.2, 0) is 5.88 Å². The molecule has 0 atom stereocenters. The molecule has 0 unspecified atom stereocenters. The van der Waals surface area contributed by atoms with E-state index < -0.39 is 0 Å². The van der Waals surface area contributed by atoms with E-state index in [9.17, 15) is 5.21 Å². The predicted molar refractivity (Wildman–Crippen MR) is 43.5 cm³/mol. The van der Waals surface area contributed by atoms with E-state index in [1.54, 1.807) is 12.1 Å². The highest BCUT2D eigenvalue weighted by atomic mass is 35.5. The van der Waals surface area contributed by atoms with Crippen LogP contribution >= 0.6 is 11.6 Å². The summed E-state index contributed by atoms with van der Waals surface area (Å²) in [5, 5.41) is 21.3. The first-order valence-electron chi connectivity index (χ1n) is 3.25. The minimum Gasteiger partial charge on any atom is -0.592 e. The van der Waals surface area contributed by atoms with Gasteiger partial charge in [0, 0.05) is 18.0 Å². The fraction of sp³-hybridized carbons (Fsp3) is 0.143. The van der Waals surface area contributed by atoms with Crippen LogP contribution in [0.4, 0.5) is 5.69 Å². The topological polar surface area (TPSA) is 58.7 Å². The fourth-order valence-electron chi connectivity index (χ4n) is 0.764. The number of alkyl halides is 1. The second-order valence-electron chi connectivity index (χ2n) is 2.16. The molecule has 0 bridgehead atoms. The van der Waals surface area contributed by atoms with Crippen LogP contribution in [0.15, 0.2) is 29.5 Å². The van der Waals surface area contributed by atoms with Crippen molar-refractivity contribution in [2.24, 2.45) is 5.28 Å². The van der Waals surface area contributed by atoms with Gasteiger partial charge in [0.15, 0.2) is 0 Å². The largest absolute Gasteiger partial charge is 0.592 e. The highest BCUT2D eigenvalue weighted by molar-refractivity contribution is 6.17. The first kappa shape index (κ1) is 8.80. The third-order valence-electron chi connectivity index (χ3n) is 1.39. The number of halogens is 1. The molecular weight excluding hydrogens is 180 g/mol. The van der Waals surface area contributed by atoms with Gasteiger partial charge in [-0.3, -0.25) is 0 Å². The molecule has 0 aliphatic heterocycles. The molecule has 4 nitrogen and oxygen atoms in total. The maximum absolute atomic E-state index is 10.7. The predicted octanol–water partition coefficient (Wildman–Crippen LogP) is 2.41. The first-order valence-corrected chi connectivity index (χ1v) is 3.78. The van der Waals surface area contributed by atoms with Gasteiger partial charge >= 0.3 is 0 Å². The molecule has 0 spiro atoms. The van der Waals surface area contributed by atoms with Gasteiger partial charge in [0.2, 0.25) is 11.0 Å². The maximum Gasteiger partial charge on any atom is 0.248 e. The molecule has 1 aromatic carbocycles. The molecule has 5 heteroatoms. The highest BCUT2D eigenvalue weighted by Crippen LogP contribution is 2.13. The van der Waals surface area contributed by atoms with Crippen molar-refractivity contribution in [2.45, 2.75) is 5.88 Å². The van der Waals surface area contributed by atoms with Gasteiger partial charge in [0.25, 0.3) is 0 Å². The quantitative estimate of drug-likeness (QED) is 0.334. The minimum atomic E-state index is 0.123. The zero-order valence-corrected chi connectivity index (χ0v) is 6.90. The van der Waals surface area contributed by atoms with Crippen molar-refractivity contribution >= 4 is 17.3 Å². The summed E-state index contributed by atoms with van der Waals surface area (Å²) in [7, 11) is 0. The number of rotatable bonds is 2. The van der Waals surface area contributed by atoms with Crippen LogP contribution < -0.4 is 0 Å². The number of hydrogen-bond donors (Lipinski definition) is 1. The standard InChI is InChI=1S/C7H7ClN2O2/c8-5-6-1-3-7(4-2-6)10(12)9-11/h1-4,11H,5H2/b10-9-. The molecule has 0 fully saturated rings. The van der Waals surface area contributed by atoms with E-state index in [1.807, 2.05) is 0 Å². The van der Waals surface area contributed by atoms with Gasteiger partial charge in [-0.25, -0.2) is 0 Å². The molecule has 0 aromatic heterocycles. The molecule has 1 aromatic rings. The molecule has 12 heavy (non-hydrogen) atoms. The summed E-state index contributed by atoms with van der Waals surface area (Å²) in [6.45, 7) is 0. The lowest BCUT2D eigenvalue weighted by atomic mass is 10.2. The fourth-order valence-corrected chi connectivity index (χ4v) is 0.942. The van der Waals surface area contributed by atoms with E-state index in [-0.39, 0.29) is 10.5 Å². The van der Waals surface area contributed by atoms with E-state index in [2.05, 4.69) is 5.28 Å². The van der Waals surface area contributed by atoms with Crippen LogP contribution in [-0.4, -0.2) is 10.1 Å². The van der Waals surface area contributed by atoms with Crippen molar-refractivity contribution in [3.63, 3.8) is 0 Å². The Morgan fingerprint density at radius 2 is 2.00 bits per heavy atom. The Morgan fingerprint density at radius 3 is 2.42 bits per heavy atom. The third kappa shape index (κ3) is 1.85. The van der Waals surface area contributed by atoms with Crippen LogP contribution in [0.5, 0.6) is 0 Å². The summed E-state index contributed by atoms with van der Waals surface area (Å²) < 4.78 is 0. The van der Waals surface area contributed by atoms with Gasteiger partial charge in [-0.05, 0) is 10.4 Å². The van der Waals surface area contributed by atoms with Crippen LogP contribution in [0, 0.1) is 5.21 Å². The SMILES string of the molecule is [O-]/[N+](=N\O)c1ccc(CCl)cc1. The molecule has 1 N–H and O–H groups in total. The molecule has 0 saturated heterocycles. The molecule has 0 radical (unpaired) electrons. The lowest BCUT2D eigenvalue weighted by Gasteiger charge is -1.97. The monoisotopic (exact) mass is 186 g/mol. The minimum absolute atomic E-state index is 0.123. The Labute approximate surface area is 74.3 Å². The lowest BCUT2D eigenvalue weighted by molar-refractivity contribution is -0.473. The van der Waals surface area contributed by atoms with Gasteiger partial charge in [0.1, 0.15) is 0 Å². The van der Waals surface area contributed by atoms with Crippen molar-refractivity contribution in [1.29, 1.82) is 0 Å². The molecule has 64 valence electrons. The summed E-state index contributed by atoms with van der Waals surface area (Å²) >= 11 is 5.53. The van der Waals surface area contributed by atoms with E-state index >= 15 is 0 Å². The first-order chi connectivity index (χ1) is 5.77. The van der Waals surface area contributed by atoms with Crippen molar-refractivity contribution < 1.29 is 10.1 Å². The summed E-state index contributed by atoms with van der Waals surface area (Å²) in [4.78, 5) is 0.123. The van der Waals surface area contributed by atoms with E-state index in [0.717, 1.165) is 5.56 Å². The number of benzene rings is 1. The average Bonchev–Trinajstić information content (AvgIpc) is 2.17. The van der Waals surface area contributed by atoms with Crippen molar-refractivity contribution in [1.82, 2.24) is 0 Å². The Bertz CT molecular complexity index is 284. The van der Waals surface area contributed by atoms with Crippen molar-refractivity contribution in [3.8, 4) is 0 Å². The summed E-state index contributed by atoms with van der Waals surface area (Å²) in [6.07, 6.45) is 0. The molecule has 0 heterocycles. The van der Waals surface area contributed by atoms with Crippen molar-refractivity contribution in [2.75, 3.05) is 0 Å². The molecule has 0 aliphatic carbocycles. The summed E-state index contributed by atoms with van der Waals surface area (Å²) in [5.74, 6) is 0.398. The van der Waals surface area contributed by atoms with E-state index in [4.69, 9.17) is 16.8 Å². The second kappa shape index (κ2) is 3.92. The lowest BCUT2D eigenvalue weighted by Crippen LogP contribution is -1.90. The van der Waals surface area contributed by atoms with Crippen LogP contribution in [0.1, 0.15) is 5.56 Å². The Morgan fingerprint density at radius 1 is 1.42 bits per heavy atom. The maximum atomic E-state index is 10.7. The number of hydrogen-bond acceptors (Lipinski definition) is 2. The van der Waals surface area contributed by atoms with Crippen LogP contribution in [0.25, 0.3) is 0 Å². The molecule has 1 rings (SSSR count). The van der Waals surface area contributed by atoms with E-state index in [1.165, 1.54) is 12.1 Å². The van der Waals surface area contributed by atoms with Gasteiger partial charge in [-0.15, -0.1) is 11.6 Å². The molecule has 0 saturated carbocycles. The Balaban J connectivity index is 2.92. The van der Waals surface area contributed by atoms with Gasteiger partial charge < -0.3 is 10.4 Å². The van der Waals surface area contributed by atoms with Crippen LogP contribution in [0.3, 0.4) is 0 Å². The summed E-state index contributed by atoms with van der Waals surface area (Å²) in [6, 6.07) is 6.45. The average molecular weight is 187 g/mol. The molecule has 0 aliphatic rings. The smallest absolute Gasteiger partial charge is 0.248 e. The molecule has 0 amide bonds. The van der Waals surface area contributed by atoms with E-state index in [0.29, 0.717) is 5.88 Å². The van der Waals surface area contributed by atoms with Gasteiger partial charge in [0.05, 0.1) is 0 Å².